The first-order valence-corrected chi connectivity index (χ1v) is 11.7. The third kappa shape index (κ3) is 5.39. The number of likely N-dealkylation sites (tertiary alicyclic amines) is 1. The number of aromatic nitrogens is 1. The Bertz CT molecular complexity index is 948. The Labute approximate surface area is 197 Å². The predicted molar refractivity (Wildman–Crippen MR) is 118 cm³/mol. The van der Waals surface area contributed by atoms with E-state index in [1.54, 1.807) is 6.92 Å². The van der Waals surface area contributed by atoms with Crippen LogP contribution in [0.1, 0.15) is 60.3 Å². The average molecular weight is 477 g/mol. The summed E-state index contributed by atoms with van der Waals surface area (Å²) in [5, 5.41) is 12.1. The number of ether oxygens (including phenoxy) is 1. The maximum atomic E-state index is 13.3. The SMILES string of the molecule is Cc1noc2c1C(=O)NC1(CCN(C3CCOCC3)CC1)CC(=O)NC(C(N)=O)CC(=O)NC2. The second kappa shape index (κ2) is 10.1. The van der Waals surface area contributed by atoms with Gasteiger partial charge in [-0.1, -0.05) is 5.16 Å². The molecule has 2 saturated heterocycles. The van der Waals surface area contributed by atoms with E-state index in [9.17, 15) is 19.2 Å². The highest BCUT2D eigenvalue weighted by atomic mass is 16.5. The van der Waals surface area contributed by atoms with E-state index in [1.807, 2.05) is 0 Å². The smallest absolute Gasteiger partial charge is 0.257 e. The minimum Gasteiger partial charge on any atom is -0.381 e. The molecule has 4 heterocycles. The minimum absolute atomic E-state index is 0.0363. The largest absolute Gasteiger partial charge is 0.381 e. The van der Waals surface area contributed by atoms with E-state index in [1.165, 1.54) is 0 Å². The molecule has 1 aromatic heterocycles. The fourth-order valence-corrected chi connectivity index (χ4v) is 5.06. The van der Waals surface area contributed by atoms with Crippen LogP contribution in [0.5, 0.6) is 0 Å². The summed E-state index contributed by atoms with van der Waals surface area (Å²) in [5.74, 6) is -1.95. The van der Waals surface area contributed by atoms with Gasteiger partial charge < -0.3 is 35.8 Å². The molecule has 0 saturated carbocycles. The zero-order valence-electron chi connectivity index (χ0n) is 19.4. The fourth-order valence-electron chi connectivity index (χ4n) is 5.06. The number of aryl methyl sites for hydroxylation is 1. The quantitative estimate of drug-likeness (QED) is 0.426. The molecule has 3 aliphatic rings. The molecule has 1 spiro atoms. The third-order valence-corrected chi connectivity index (χ3v) is 7.01. The first kappa shape index (κ1) is 24.1. The average Bonchev–Trinajstić information content (AvgIpc) is 3.18. The standard InChI is InChI=1S/C22H32N6O6/c1-13-19-16(34-27-13)12-24-17(29)10-15(20(23)31)25-18(30)11-22(26-21(19)32)4-6-28(7-5-22)14-2-8-33-9-3-14/h14-15H,2-12H2,1H3,(H2,23,31)(H,24,29)(H,25,30)(H,26,32). The lowest BCUT2D eigenvalue weighted by Crippen LogP contribution is -2.59. The Morgan fingerprint density at radius 2 is 1.85 bits per heavy atom. The molecule has 1 unspecified atom stereocenters. The number of nitrogens with zero attached hydrogens (tertiary/aromatic N) is 2. The summed E-state index contributed by atoms with van der Waals surface area (Å²) in [5.41, 5.74) is 5.25. The molecule has 34 heavy (non-hydrogen) atoms. The number of piperidine rings is 1. The van der Waals surface area contributed by atoms with Crippen LogP contribution in [-0.2, 0) is 25.7 Å². The van der Waals surface area contributed by atoms with Crippen LogP contribution in [0.3, 0.4) is 0 Å². The number of hydrogen-bond acceptors (Lipinski definition) is 8. The van der Waals surface area contributed by atoms with E-state index in [2.05, 4.69) is 26.0 Å². The van der Waals surface area contributed by atoms with Crippen molar-refractivity contribution in [1.29, 1.82) is 0 Å². The normalized spacial score (nSPS) is 25.2. The first-order chi connectivity index (χ1) is 16.3. The molecular weight excluding hydrogens is 444 g/mol. The molecular formula is C22H32N6O6. The van der Waals surface area contributed by atoms with Crippen molar-refractivity contribution < 1.29 is 28.4 Å². The highest BCUT2D eigenvalue weighted by Gasteiger charge is 2.41. The number of fused-ring (bicyclic) bond motifs is 1. The van der Waals surface area contributed by atoms with Crippen LogP contribution in [0.4, 0.5) is 0 Å². The summed E-state index contributed by atoms with van der Waals surface area (Å²) in [6, 6.07) is -0.729. The number of primary amides is 1. The Kier molecular flexibility index (Phi) is 7.17. The Morgan fingerprint density at radius 3 is 2.53 bits per heavy atom. The van der Waals surface area contributed by atoms with Crippen molar-refractivity contribution in [2.75, 3.05) is 26.3 Å². The van der Waals surface area contributed by atoms with Crippen molar-refractivity contribution in [3.05, 3.63) is 17.0 Å². The maximum Gasteiger partial charge on any atom is 0.257 e. The zero-order chi connectivity index (χ0) is 24.3. The molecule has 12 heteroatoms. The van der Waals surface area contributed by atoms with E-state index in [0.29, 0.717) is 37.7 Å². The molecule has 3 aliphatic heterocycles. The van der Waals surface area contributed by atoms with Crippen LogP contribution in [0, 0.1) is 6.92 Å². The predicted octanol–water partition coefficient (Wildman–Crippen LogP) is -0.893. The molecule has 2 fully saturated rings. The number of carbonyl (C=O) groups excluding carboxylic acids is 4. The van der Waals surface area contributed by atoms with E-state index in [0.717, 1.165) is 26.1 Å². The van der Waals surface area contributed by atoms with Crippen molar-refractivity contribution in [3.63, 3.8) is 0 Å². The van der Waals surface area contributed by atoms with Gasteiger partial charge in [-0.05, 0) is 32.6 Å². The molecule has 5 N–H and O–H groups in total. The molecule has 0 bridgehead atoms. The monoisotopic (exact) mass is 476 g/mol. The molecule has 4 amide bonds. The van der Waals surface area contributed by atoms with Crippen molar-refractivity contribution in [3.8, 4) is 0 Å². The van der Waals surface area contributed by atoms with Gasteiger partial charge in [0.25, 0.3) is 5.91 Å². The number of hydrogen-bond donors (Lipinski definition) is 4. The van der Waals surface area contributed by atoms with E-state index >= 15 is 0 Å². The minimum atomic E-state index is -1.15. The molecule has 12 nitrogen and oxygen atoms in total. The van der Waals surface area contributed by atoms with Crippen molar-refractivity contribution in [2.24, 2.45) is 5.73 Å². The van der Waals surface area contributed by atoms with Gasteiger partial charge in [-0.2, -0.15) is 0 Å². The van der Waals surface area contributed by atoms with Crippen molar-refractivity contribution in [1.82, 2.24) is 26.0 Å². The lowest BCUT2D eigenvalue weighted by molar-refractivity contribution is -0.131. The molecule has 186 valence electrons. The van der Waals surface area contributed by atoms with Crippen molar-refractivity contribution in [2.45, 2.75) is 69.6 Å². The topological polar surface area (TPSA) is 169 Å². The number of nitrogens with two attached hydrogens (primary N) is 1. The highest BCUT2D eigenvalue weighted by molar-refractivity contribution is 5.97. The highest BCUT2D eigenvalue weighted by Crippen LogP contribution is 2.30. The molecule has 0 aromatic carbocycles. The van der Waals surface area contributed by atoms with Crippen LogP contribution in [0.25, 0.3) is 0 Å². The zero-order valence-corrected chi connectivity index (χ0v) is 19.4. The summed E-state index contributed by atoms with van der Waals surface area (Å²) in [4.78, 5) is 52.9. The van der Waals surface area contributed by atoms with Crippen LogP contribution in [0.15, 0.2) is 4.52 Å². The van der Waals surface area contributed by atoms with Crippen LogP contribution < -0.4 is 21.7 Å². The van der Waals surface area contributed by atoms with Crippen LogP contribution >= 0.6 is 0 Å². The van der Waals surface area contributed by atoms with Gasteiger partial charge in [0.05, 0.1) is 24.2 Å². The Balaban J connectivity index is 1.59. The molecule has 0 radical (unpaired) electrons. The van der Waals surface area contributed by atoms with Gasteiger partial charge in [-0.15, -0.1) is 0 Å². The van der Waals surface area contributed by atoms with Gasteiger partial charge in [0, 0.05) is 38.8 Å². The second-order valence-electron chi connectivity index (χ2n) is 9.36. The van der Waals surface area contributed by atoms with Gasteiger partial charge in [-0.25, -0.2) is 0 Å². The number of amides is 4. The van der Waals surface area contributed by atoms with Crippen LogP contribution in [-0.4, -0.2) is 77.6 Å². The van der Waals surface area contributed by atoms with Crippen molar-refractivity contribution >= 4 is 23.6 Å². The number of nitrogens with one attached hydrogen (secondary N) is 3. The first-order valence-electron chi connectivity index (χ1n) is 11.7. The lowest BCUT2D eigenvalue weighted by atomic mass is 9.82. The van der Waals surface area contributed by atoms with Gasteiger partial charge in [-0.3, -0.25) is 19.2 Å². The lowest BCUT2D eigenvalue weighted by Gasteiger charge is -2.45. The summed E-state index contributed by atoms with van der Waals surface area (Å²) in [6.45, 7) is 4.48. The summed E-state index contributed by atoms with van der Waals surface area (Å²) < 4.78 is 10.8. The maximum absolute atomic E-state index is 13.3. The Morgan fingerprint density at radius 1 is 1.15 bits per heavy atom. The molecule has 1 atom stereocenters. The summed E-state index contributed by atoms with van der Waals surface area (Å²) >= 11 is 0. The van der Waals surface area contributed by atoms with Gasteiger partial charge >= 0.3 is 0 Å². The molecule has 1 aromatic rings. The molecule has 0 aliphatic carbocycles. The summed E-state index contributed by atoms with van der Waals surface area (Å²) in [6.07, 6.45) is 2.69. The van der Waals surface area contributed by atoms with E-state index in [4.69, 9.17) is 15.0 Å². The second-order valence-corrected chi connectivity index (χ2v) is 9.36. The Hall–Kier alpha value is -2.99. The van der Waals surface area contributed by atoms with E-state index < -0.39 is 35.2 Å². The van der Waals surface area contributed by atoms with Gasteiger partial charge in [0.15, 0.2) is 5.76 Å². The van der Waals surface area contributed by atoms with Gasteiger partial charge in [0.2, 0.25) is 17.7 Å². The summed E-state index contributed by atoms with van der Waals surface area (Å²) in [7, 11) is 0. The van der Waals surface area contributed by atoms with E-state index in [-0.39, 0.29) is 30.7 Å². The van der Waals surface area contributed by atoms with Crippen LogP contribution in [0.2, 0.25) is 0 Å². The van der Waals surface area contributed by atoms with Gasteiger partial charge in [0.1, 0.15) is 11.6 Å². The number of carbonyl (C=O) groups is 4. The number of rotatable bonds is 2. The molecule has 4 rings (SSSR count). The fraction of sp³-hybridized carbons (Fsp3) is 0.682. The third-order valence-electron chi connectivity index (χ3n) is 7.01.